The van der Waals surface area contributed by atoms with E-state index in [0.717, 1.165) is 6.42 Å². The molecule has 0 radical (unpaired) electrons. The molecule has 1 aromatic rings. The lowest BCUT2D eigenvalue weighted by molar-refractivity contribution is -0.123. The molecule has 1 saturated carbocycles. The molecule has 0 spiro atoms. The molecule has 19 heavy (non-hydrogen) atoms. The molecule has 1 amide bonds. The maximum Gasteiger partial charge on any atom is 0.237 e. The van der Waals surface area contributed by atoms with Gasteiger partial charge in [-0.3, -0.25) is 4.79 Å². The summed E-state index contributed by atoms with van der Waals surface area (Å²) in [5.41, 5.74) is 7.14. The second kappa shape index (κ2) is 6.20. The van der Waals surface area contributed by atoms with Crippen LogP contribution in [0.1, 0.15) is 44.7 Å². The highest BCUT2D eigenvalue weighted by atomic mass is 16.2. The second-order valence-electron chi connectivity index (χ2n) is 5.97. The van der Waals surface area contributed by atoms with E-state index in [1.54, 1.807) is 0 Å². The molecule has 3 nitrogen and oxygen atoms in total. The van der Waals surface area contributed by atoms with Crippen LogP contribution in [-0.4, -0.2) is 11.9 Å². The standard InChI is InChI=1S/C16H24N2O/c1-11(2)10-14(17)16(19)18-15(13-8-9-13)12-6-4-3-5-7-12/h3-7,11,13-15H,8-10,17H2,1-2H3,(H,18,19)/t14-,15?/m0/s1. The quantitative estimate of drug-likeness (QED) is 0.826. The number of nitrogens with one attached hydrogen (secondary N) is 1. The van der Waals surface area contributed by atoms with Gasteiger partial charge in [0, 0.05) is 0 Å². The van der Waals surface area contributed by atoms with Crippen LogP contribution in [0.5, 0.6) is 0 Å². The number of amides is 1. The zero-order valence-electron chi connectivity index (χ0n) is 11.8. The van der Waals surface area contributed by atoms with Crippen molar-refractivity contribution in [3.63, 3.8) is 0 Å². The summed E-state index contributed by atoms with van der Waals surface area (Å²) in [5, 5.41) is 3.14. The maximum absolute atomic E-state index is 12.2. The first-order valence-corrected chi connectivity index (χ1v) is 7.19. The molecule has 2 atom stereocenters. The number of nitrogens with two attached hydrogens (primary N) is 1. The van der Waals surface area contributed by atoms with E-state index in [4.69, 9.17) is 5.73 Å². The topological polar surface area (TPSA) is 55.1 Å². The lowest BCUT2D eigenvalue weighted by atomic mass is 10.00. The molecule has 0 heterocycles. The molecule has 104 valence electrons. The van der Waals surface area contributed by atoms with E-state index < -0.39 is 6.04 Å². The van der Waals surface area contributed by atoms with Crippen molar-refractivity contribution >= 4 is 5.91 Å². The van der Waals surface area contributed by atoms with Crippen LogP contribution in [0, 0.1) is 11.8 Å². The Bertz CT molecular complexity index is 412. The molecule has 3 heteroatoms. The summed E-state index contributed by atoms with van der Waals surface area (Å²) in [6, 6.07) is 9.93. The van der Waals surface area contributed by atoms with Gasteiger partial charge in [-0.1, -0.05) is 44.2 Å². The molecular weight excluding hydrogens is 236 g/mol. The van der Waals surface area contributed by atoms with Crippen LogP contribution in [-0.2, 0) is 4.79 Å². The van der Waals surface area contributed by atoms with E-state index in [1.807, 2.05) is 18.2 Å². The molecule has 0 aromatic heterocycles. The molecule has 2 rings (SSSR count). The van der Waals surface area contributed by atoms with Crippen LogP contribution in [0.25, 0.3) is 0 Å². The Balaban J connectivity index is 2.00. The van der Waals surface area contributed by atoms with Crippen LogP contribution in [0.15, 0.2) is 30.3 Å². The van der Waals surface area contributed by atoms with Gasteiger partial charge in [-0.05, 0) is 36.7 Å². The largest absolute Gasteiger partial charge is 0.348 e. The van der Waals surface area contributed by atoms with E-state index in [0.29, 0.717) is 11.8 Å². The molecule has 1 fully saturated rings. The number of hydrogen-bond donors (Lipinski definition) is 2. The minimum absolute atomic E-state index is 0.0190. The normalized spacial score (nSPS) is 18.1. The van der Waals surface area contributed by atoms with Gasteiger partial charge in [0.1, 0.15) is 0 Å². The summed E-state index contributed by atoms with van der Waals surface area (Å²) in [5.74, 6) is 1.00. The van der Waals surface area contributed by atoms with Gasteiger partial charge in [-0.25, -0.2) is 0 Å². The Kier molecular flexibility index (Phi) is 4.59. The van der Waals surface area contributed by atoms with Crippen LogP contribution in [0.3, 0.4) is 0 Å². The van der Waals surface area contributed by atoms with Crippen molar-refractivity contribution in [2.75, 3.05) is 0 Å². The zero-order chi connectivity index (χ0) is 13.8. The highest BCUT2D eigenvalue weighted by Gasteiger charge is 2.34. The fraction of sp³-hybridized carbons (Fsp3) is 0.562. The third-order valence-corrected chi connectivity index (χ3v) is 3.61. The summed E-state index contributed by atoms with van der Waals surface area (Å²) in [4.78, 5) is 12.2. The van der Waals surface area contributed by atoms with Crippen molar-refractivity contribution in [2.24, 2.45) is 17.6 Å². The van der Waals surface area contributed by atoms with E-state index in [1.165, 1.54) is 18.4 Å². The maximum atomic E-state index is 12.2. The Hall–Kier alpha value is -1.35. The highest BCUT2D eigenvalue weighted by molar-refractivity contribution is 5.82. The van der Waals surface area contributed by atoms with Crippen molar-refractivity contribution in [3.05, 3.63) is 35.9 Å². The van der Waals surface area contributed by atoms with Gasteiger partial charge in [0.15, 0.2) is 0 Å². The zero-order valence-corrected chi connectivity index (χ0v) is 11.8. The third-order valence-electron chi connectivity index (χ3n) is 3.61. The summed E-state index contributed by atoms with van der Waals surface area (Å²) >= 11 is 0. The number of hydrogen-bond acceptors (Lipinski definition) is 2. The third kappa shape index (κ3) is 4.06. The van der Waals surface area contributed by atoms with Crippen LogP contribution >= 0.6 is 0 Å². The van der Waals surface area contributed by atoms with Crippen molar-refractivity contribution in [1.29, 1.82) is 0 Å². The Morgan fingerprint density at radius 2 is 1.95 bits per heavy atom. The van der Waals surface area contributed by atoms with Crippen molar-refractivity contribution < 1.29 is 4.79 Å². The predicted octanol–water partition coefficient (Wildman–Crippen LogP) is 2.63. The first kappa shape index (κ1) is 14.1. The summed E-state index contributed by atoms with van der Waals surface area (Å²) in [6.45, 7) is 4.17. The highest BCUT2D eigenvalue weighted by Crippen LogP contribution is 2.40. The van der Waals surface area contributed by atoms with E-state index in [9.17, 15) is 4.79 Å². The van der Waals surface area contributed by atoms with Crippen molar-refractivity contribution in [1.82, 2.24) is 5.32 Å². The van der Waals surface area contributed by atoms with Crippen LogP contribution in [0.2, 0.25) is 0 Å². The monoisotopic (exact) mass is 260 g/mol. The number of benzene rings is 1. The van der Waals surface area contributed by atoms with Gasteiger partial charge in [-0.15, -0.1) is 0 Å². The molecule has 3 N–H and O–H groups in total. The van der Waals surface area contributed by atoms with Gasteiger partial charge in [0.05, 0.1) is 12.1 Å². The lowest BCUT2D eigenvalue weighted by Gasteiger charge is -2.22. The molecule has 0 saturated heterocycles. The van der Waals surface area contributed by atoms with E-state index >= 15 is 0 Å². The molecule has 1 unspecified atom stereocenters. The van der Waals surface area contributed by atoms with Gasteiger partial charge in [-0.2, -0.15) is 0 Å². The minimum Gasteiger partial charge on any atom is -0.348 e. The Morgan fingerprint density at radius 3 is 2.47 bits per heavy atom. The van der Waals surface area contributed by atoms with Crippen molar-refractivity contribution in [3.8, 4) is 0 Å². The Labute approximate surface area is 115 Å². The summed E-state index contributed by atoms with van der Waals surface area (Å²) in [7, 11) is 0. The average Bonchev–Trinajstić information content (AvgIpc) is 3.20. The minimum atomic E-state index is -0.398. The molecule has 0 aliphatic heterocycles. The summed E-state index contributed by atoms with van der Waals surface area (Å²) < 4.78 is 0. The number of rotatable bonds is 6. The molecule has 0 bridgehead atoms. The van der Waals surface area contributed by atoms with E-state index in [2.05, 4.69) is 31.3 Å². The van der Waals surface area contributed by atoms with Crippen molar-refractivity contribution in [2.45, 2.75) is 45.2 Å². The SMILES string of the molecule is CC(C)C[C@H](N)C(=O)NC(c1ccccc1)C1CC1. The van der Waals surface area contributed by atoms with Crippen LogP contribution in [0.4, 0.5) is 0 Å². The van der Waals surface area contributed by atoms with Gasteiger partial charge in [0.25, 0.3) is 0 Å². The Morgan fingerprint density at radius 1 is 1.32 bits per heavy atom. The summed E-state index contributed by atoms with van der Waals surface area (Å²) in [6.07, 6.45) is 3.12. The molecule has 1 aromatic carbocycles. The second-order valence-corrected chi connectivity index (χ2v) is 5.97. The predicted molar refractivity (Wildman–Crippen MR) is 77.5 cm³/mol. The fourth-order valence-electron chi connectivity index (χ4n) is 2.44. The molecule has 1 aliphatic carbocycles. The van der Waals surface area contributed by atoms with Crippen LogP contribution < -0.4 is 11.1 Å². The average molecular weight is 260 g/mol. The van der Waals surface area contributed by atoms with E-state index in [-0.39, 0.29) is 11.9 Å². The number of carbonyl (C=O) groups is 1. The smallest absolute Gasteiger partial charge is 0.237 e. The first-order chi connectivity index (χ1) is 9.08. The first-order valence-electron chi connectivity index (χ1n) is 7.19. The van der Waals surface area contributed by atoms with Gasteiger partial charge in [0.2, 0.25) is 5.91 Å². The van der Waals surface area contributed by atoms with Gasteiger partial charge >= 0.3 is 0 Å². The molecular formula is C16H24N2O. The number of carbonyl (C=O) groups excluding carboxylic acids is 1. The van der Waals surface area contributed by atoms with Gasteiger partial charge < -0.3 is 11.1 Å². The molecule has 1 aliphatic rings. The fourth-order valence-corrected chi connectivity index (χ4v) is 2.44. The lowest BCUT2D eigenvalue weighted by Crippen LogP contribution is -2.43.